The zero-order valence-corrected chi connectivity index (χ0v) is 20.9. The first-order chi connectivity index (χ1) is 12.6. The van der Waals surface area contributed by atoms with Crippen molar-refractivity contribution in [1.29, 1.82) is 0 Å². The Morgan fingerprint density at radius 1 is 0.731 bits per heavy atom. The molecule has 0 radical (unpaired) electrons. The Morgan fingerprint density at radius 3 is 1.73 bits per heavy atom. The predicted molar refractivity (Wildman–Crippen MR) is 120 cm³/mol. The van der Waals surface area contributed by atoms with Crippen molar-refractivity contribution in [3.05, 3.63) is 29.8 Å². The molecule has 0 heterocycles. The average Bonchev–Trinajstić information content (AvgIpc) is 2.68. The summed E-state index contributed by atoms with van der Waals surface area (Å²) < 4.78 is 6.10. The van der Waals surface area contributed by atoms with E-state index in [1.165, 1.54) is 70.2 Å². The van der Waals surface area contributed by atoms with E-state index >= 15 is 0 Å². The summed E-state index contributed by atoms with van der Waals surface area (Å²) in [6, 6.07) is 9.07. The van der Waals surface area contributed by atoms with Gasteiger partial charge in [-0.3, -0.25) is 0 Å². The number of rotatable bonds is 15. The first-order valence-corrected chi connectivity index (χ1v) is 18.9. The second-order valence-corrected chi connectivity index (χ2v) is 21.3. The van der Waals surface area contributed by atoms with Gasteiger partial charge in [-0.05, 0) is 0 Å². The SMILES string of the molecule is CCCCCC(O)c1cccc[c]1[Sn]([CH2]CCC)([CH2]CCC)[CH2]CCC. The van der Waals surface area contributed by atoms with Gasteiger partial charge in [0.2, 0.25) is 0 Å². The standard InChI is InChI=1S/C12H17O.3C4H9.Sn/c1-2-3-5-10-12(13)11-8-6-4-7-9-11;3*1-3-4-2;/h4,6-8,12-13H,2-3,5,10H2,1H3;3*1,3-4H2,2H3;. The maximum absolute atomic E-state index is 11.0. The predicted octanol–water partition coefficient (Wildman–Crippen LogP) is 7.36. The quantitative estimate of drug-likeness (QED) is 0.211. The van der Waals surface area contributed by atoms with Crippen LogP contribution in [0, 0.1) is 0 Å². The van der Waals surface area contributed by atoms with Crippen LogP contribution in [-0.2, 0) is 0 Å². The molecule has 1 N–H and O–H groups in total. The number of unbranched alkanes of at least 4 members (excludes halogenated alkanes) is 5. The molecule has 1 aromatic rings. The molecule has 1 aromatic carbocycles. The summed E-state index contributed by atoms with van der Waals surface area (Å²) in [5.74, 6) is 0. The van der Waals surface area contributed by atoms with Crippen LogP contribution in [0.2, 0.25) is 13.3 Å². The van der Waals surface area contributed by atoms with E-state index in [9.17, 15) is 5.11 Å². The zero-order valence-electron chi connectivity index (χ0n) is 18.0. The molecule has 0 bridgehead atoms. The molecule has 2 heteroatoms. The van der Waals surface area contributed by atoms with Crippen molar-refractivity contribution >= 4 is 22.0 Å². The minimum atomic E-state index is -2.47. The molecule has 1 unspecified atom stereocenters. The van der Waals surface area contributed by atoms with Gasteiger partial charge in [-0.25, -0.2) is 0 Å². The van der Waals surface area contributed by atoms with Crippen LogP contribution in [0.25, 0.3) is 0 Å². The van der Waals surface area contributed by atoms with Gasteiger partial charge in [-0.15, -0.1) is 0 Å². The maximum atomic E-state index is 11.0. The van der Waals surface area contributed by atoms with Gasteiger partial charge in [-0.1, -0.05) is 0 Å². The summed E-state index contributed by atoms with van der Waals surface area (Å²) in [4.78, 5) is 0. The van der Waals surface area contributed by atoms with E-state index in [-0.39, 0.29) is 6.10 Å². The van der Waals surface area contributed by atoms with Crippen LogP contribution in [0.1, 0.15) is 104 Å². The van der Waals surface area contributed by atoms with Crippen molar-refractivity contribution in [3.63, 3.8) is 0 Å². The van der Waals surface area contributed by atoms with Crippen molar-refractivity contribution in [2.75, 3.05) is 0 Å². The molecule has 0 saturated carbocycles. The van der Waals surface area contributed by atoms with Crippen LogP contribution in [0.3, 0.4) is 0 Å². The van der Waals surface area contributed by atoms with Gasteiger partial charge in [0.1, 0.15) is 0 Å². The Hall–Kier alpha value is -0.0213. The van der Waals surface area contributed by atoms with Crippen molar-refractivity contribution in [2.24, 2.45) is 0 Å². The monoisotopic (exact) mass is 468 g/mol. The molecule has 1 rings (SSSR count). The molecule has 0 aliphatic heterocycles. The summed E-state index contributed by atoms with van der Waals surface area (Å²) >= 11 is -2.47. The Balaban J connectivity index is 3.20. The van der Waals surface area contributed by atoms with Crippen LogP contribution in [-0.4, -0.2) is 23.5 Å². The first kappa shape index (κ1) is 24.0. The Bertz CT molecular complexity index is 449. The van der Waals surface area contributed by atoms with E-state index in [1.807, 2.05) is 0 Å². The molecule has 0 spiro atoms. The third-order valence-corrected chi connectivity index (χ3v) is 21.8. The van der Waals surface area contributed by atoms with Crippen molar-refractivity contribution in [1.82, 2.24) is 0 Å². The summed E-state index contributed by atoms with van der Waals surface area (Å²) in [6.45, 7) is 9.24. The van der Waals surface area contributed by atoms with Crippen LogP contribution >= 0.6 is 0 Å². The van der Waals surface area contributed by atoms with Crippen LogP contribution in [0.4, 0.5) is 0 Å². The fraction of sp³-hybridized carbons (Fsp3) is 0.750. The van der Waals surface area contributed by atoms with E-state index in [0.29, 0.717) is 0 Å². The van der Waals surface area contributed by atoms with Gasteiger partial charge in [-0.2, -0.15) is 0 Å². The van der Waals surface area contributed by atoms with Gasteiger partial charge >= 0.3 is 168 Å². The fourth-order valence-corrected chi connectivity index (χ4v) is 21.4. The van der Waals surface area contributed by atoms with Gasteiger partial charge in [0.05, 0.1) is 0 Å². The second-order valence-electron chi connectivity index (χ2n) is 8.19. The van der Waals surface area contributed by atoms with Crippen LogP contribution < -0.4 is 3.58 Å². The molecular weight excluding hydrogens is 423 g/mol. The Kier molecular flexibility index (Phi) is 13.0. The van der Waals surface area contributed by atoms with Crippen molar-refractivity contribution in [3.8, 4) is 0 Å². The molecule has 0 aromatic heterocycles. The van der Waals surface area contributed by atoms with Crippen LogP contribution in [0.15, 0.2) is 24.3 Å². The molecule has 0 aliphatic rings. The number of benzene rings is 1. The molecule has 0 aliphatic carbocycles. The van der Waals surface area contributed by atoms with Gasteiger partial charge in [0.15, 0.2) is 0 Å². The number of hydrogen-bond donors (Lipinski definition) is 1. The van der Waals surface area contributed by atoms with E-state index in [4.69, 9.17) is 0 Å². The molecule has 0 amide bonds. The molecule has 1 nitrogen and oxygen atoms in total. The first-order valence-electron chi connectivity index (χ1n) is 11.4. The van der Waals surface area contributed by atoms with E-state index in [0.717, 1.165) is 12.8 Å². The van der Waals surface area contributed by atoms with Crippen molar-refractivity contribution in [2.45, 2.75) is 111 Å². The van der Waals surface area contributed by atoms with Crippen LogP contribution in [0.5, 0.6) is 0 Å². The second kappa shape index (κ2) is 14.0. The van der Waals surface area contributed by atoms with E-state index < -0.39 is 18.4 Å². The van der Waals surface area contributed by atoms with Gasteiger partial charge in [0, 0.05) is 0 Å². The summed E-state index contributed by atoms with van der Waals surface area (Å²) in [5, 5.41) is 11.0. The number of aliphatic hydroxyl groups excluding tert-OH is 1. The molecule has 26 heavy (non-hydrogen) atoms. The molecule has 150 valence electrons. The minimum absolute atomic E-state index is 0.251. The molecule has 0 fully saturated rings. The Morgan fingerprint density at radius 2 is 1.23 bits per heavy atom. The van der Waals surface area contributed by atoms with Gasteiger partial charge in [0.25, 0.3) is 0 Å². The summed E-state index contributed by atoms with van der Waals surface area (Å²) in [5.41, 5.74) is 1.31. The third kappa shape index (κ3) is 7.54. The fourth-order valence-electron chi connectivity index (χ4n) is 4.34. The van der Waals surface area contributed by atoms with E-state index in [2.05, 4.69) is 52.0 Å². The summed E-state index contributed by atoms with van der Waals surface area (Å²) in [6.07, 6.45) is 12.3. The topological polar surface area (TPSA) is 20.2 Å². The number of aliphatic hydroxyl groups is 1. The molecule has 1 atom stereocenters. The normalized spacial score (nSPS) is 13.1. The third-order valence-electron chi connectivity index (χ3n) is 6.00. The zero-order chi connectivity index (χ0) is 19.3. The van der Waals surface area contributed by atoms with Crippen molar-refractivity contribution < 1.29 is 5.11 Å². The average molecular weight is 467 g/mol. The number of hydrogen-bond acceptors (Lipinski definition) is 1. The van der Waals surface area contributed by atoms with E-state index in [1.54, 1.807) is 3.58 Å². The Labute approximate surface area is 167 Å². The summed E-state index contributed by atoms with van der Waals surface area (Å²) in [7, 11) is 0. The van der Waals surface area contributed by atoms with Gasteiger partial charge < -0.3 is 0 Å². The molecular formula is C24H44OSn. The molecule has 0 saturated heterocycles.